The summed E-state index contributed by atoms with van der Waals surface area (Å²) >= 11 is 6.04. The number of nitrogens with zero attached hydrogens (tertiary/aromatic N) is 1. The summed E-state index contributed by atoms with van der Waals surface area (Å²) in [4.78, 5) is 16.7. The first-order valence-electron chi connectivity index (χ1n) is 7.42. The van der Waals surface area contributed by atoms with E-state index in [9.17, 15) is 9.90 Å². The van der Waals surface area contributed by atoms with Crippen molar-refractivity contribution in [3.63, 3.8) is 0 Å². The molecule has 1 aliphatic rings. The van der Waals surface area contributed by atoms with Gasteiger partial charge < -0.3 is 10.4 Å². The van der Waals surface area contributed by atoms with Crippen LogP contribution in [0.2, 0.25) is 5.15 Å². The third-order valence-corrected chi connectivity index (χ3v) is 4.05. The zero-order valence-corrected chi connectivity index (χ0v) is 13.6. The first kappa shape index (κ1) is 16.2. The smallest absolute Gasteiger partial charge is 0.251 e. The van der Waals surface area contributed by atoms with E-state index in [-0.39, 0.29) is 23.5 Å². The fourth-order valence-electron chi connectivity index (χ4n) is 2.50. The van der Waals surface area contributed by atoms with Gasteiger partial charge in [0.1, 0.15) is 5.15 Å². The van der Waals surface area contributed by atoms with Crippen LogP contribution in [0.5, 0.6) is 0 Å². The Balaban J connectivity index is 2.10. The molecule has 5 heteroatoms. The minimum atomic E-state index is -0.221. The number of hydrogen-bond donors (Lipinski definition) is 2. The second-order valence-corrected chi connectivity index (χ2v) is 7.18. The number of carbonyl (C=O) groups is 1. The topological polar surface area (TPSA) is 62.2 Å². The molecule has 2 rings (SSSR count). The number of carbonyl (C=O) groups excluding carboxylic acids is 1. The molecule has 0 saturated heterocycles. The lowest BCUT2D eigenvalue weighted by Crippen LogP contribution is -2.38. The molecule has 1 amide bonds. The molecule has 0 spiro atoms. The second-order valence-electron chi connectivity index (χ2n) is 6.79. The van der Waals surface area contributed by atoms with Crippen molar-refractivity contribution in [2.24, 2.45) is 0 Å². The van der Waals surface area contributed by atoms with Gasteiger partial charge in [0, 0.05) is 22.7 Å². The predicted molar refractivity (Wildman–Crippen MR) is 83.7 cm³/mol. The van der Waals surface area contributed by atoms with Crippen molar-refractivity contribution in [2.75, 3.05) is 0 Å². The number of aromatic nitrogens is 1. The largest absolute Gasteiger partial charge is 0.393 e. The van der Waals surface area contributed by atoms with E-state index >= 15 is 0 Å². The average Bonchev–Trinajstić information content (AvgIpc) is 2.39. The van der Waals surface area contributed by atoms with Crippen LogP contribution in [0, 0.1) is 0 Å². The molecule has 1 aromatic rings. The van der Waals surface area contributed by atoms with Crippen molar-refractivity contribution in [1.29, 1.82) is 0 Å². The molecule has 1 fully saturated rings. The maximum Gasteiger partial charge on any atom is 0.251 e. The summed E-state index contributed by atoms with van der Waals surface area (Å²) in [6, 6.07) is 3.54. The van der Waals surface area contributed by atoms with E-state index in [0.29, 0.717) is 10.7 Å². The molecule has 1 aromatic heterocycles. The van der Waals surface area contributed by atoms with Crippen molar-refractivity contribution in [3.05, 3.63) is 28.5 Å². The summed E-state index contributed by atoms with van der Waals surface area (Å²) in [6.07, 6.45) is 2.90. The zero-order valence-electron chi connectivity index (χ0n) is 12.8. The van der Waals surface area contributed by atoms with Crippen LogP contribution in [0.4, 0.5) is 0 Å². The number of aliphatic hydroxyl groups is 1. The Bertz CT molecular complexity index is 517. The van der Waals surface area contributed by atoms with E-state index in [1.54, 1.807) is 12.1 Å². The first-order valence-corrected chi connectivity index (χ1v) is 7.80. The lowest BCUT2D eigenvalue weighted by atomic mass is 9.90. The van der Waals surface area contributed by atoms with Crippen LogP contribution < -0.4 is 5.32 Å². The van der Waals surface area contributed by atoms with Crippen molar-refractivity contribution < 1.29 is 9.90 Å². The number of amides is 1. The number of nitrogens with one attached hydrogen (secondary N) is 1. The molecule has 4 nitrogen and oxygen atoms in total. The fraction of sp³-hybridized carbons (Fsp3) is 0.625. The molecule has 21 heavy (non-hydrogen) atoms. The number of aliphatic hydroxyl groups excluding tert-OH is 1. The highest BCUT2D eigenvalue weighted by atomic mass is 35.5. The van der Waals surface area contributed by atoms with Crippen molar-refractivity contribution >= 4 is 17.5 Å². The third-order valence-electron chi connectivity index (χ3n) is 3.86. The van der Waals surface area contributed by atoms with Crippen LogP contribution in [0.15, 0.2) is 12.1 Å². The molecule has 0 bridgehead atoms. The molecule has 2 N–H and O–H groups in total. The number of halogens is 1. The predicted octanol–water partition coefficient (Wildman–Crippen LogP) is 3.07. The number of rotatable bonds is 2. The highest BCUT2D eigenvalue weighted by molar-refractivity contribution is 6.29. The fourth-order valence-corrected chi connectivity index (χ4v) is 2.71. The number of hydrogen-bond acceptors (Lipinski definition) is 3. The van der Waals surface area contributed by atoms with E-state index in [0.717, 1.165) is 31.4 Å². The van der Waals surface area contributed by atoms with E-state index in [1.165, 1.54) is 0 Å². The lowest BCUT2D eigenvalue weighted by molar-refractivity contribution is 0.0867. The van der Waals surface area contributed by atoms with Crippen LogP contribution in [0.1, 0.15) is 62.5 Å². The standard InChI is InChI=1S/C16H23ClN2O2/c1-16(2,3)13-8-10(9-14(17)19-13)15(21)18-11-4-6-12(20)7-5-11/h8-9,11-12,20H,4-7H2,1-3H3,(H,18,21). The van der Waals surface area contributed by atoms with Gasteiger partial charge in [0.05, 0.1) is 6.10 Å². The Morgan fingerprint density at radius 1 is 1.29 bits per heavy atom. The molecule has 0 aliphatic heterocycles. The van der Waals surface area contributed by atoms with Gasteiger partial charge >= 0.3 is 0 Å². The Morgan fingerprint density at radius 2 is 1.90 bits per heavy atom. The summed E-state index contributed by atoms with van der Waals surface area (Å²) in [5, 5.41) is 12.9. The van der Waals surface area contributed by atoms with E-state index in [1.807, 2.05) is 20.8 Å². The summed E-state index contributed by atoms with van der Waals surface area (Å²) in [5.41, 5.74) is 1.19. The van der Waals surface area contributed by atoms with Gasteiger partial charge in [-0.1, -0.05) is 32.4 Å². The van der Waals surface area contributed by atoms with Gasteiger partial charge in [-0.2, -0.15) is 0 Å². The van der Waals surface area contributed by atoms with Crippen LogP contribution >= 0.6 is 11.6 Å². The van der Waals surface area contributed by atoms with Gasteiger partial charge in [-0.05, 0) is 37.8 Å². The van der Waals surface area contributed by atoms with Crippen LogP contribution in [0.25, 0.3) is 0 Å². The first-order chi connectivity index (χ1) is 9.75. The minimum absolute atomic E-state index is 0.119. The quantitative estimate of drug-likeness (QED) is 0.825. The SMILES string of the molecule is CC(C)(C)c1cc(C(=O)NC2CCC(O)CC2)cc(Cl)n1. The van der Waals surface area contributed by atoms with E-state index in [2.05, 4.69) is 10.3 Å². The zero-order chi connectivity index (χ0) is 15.6. The Labute approximate surface area is 130 Å². The molecule has 1 heterocycles. The molecule has 116 valence electrons. The van der Waals surface area contributed by atoms with Crippen molar-refractivity contribution in [3.8, 4) is 0 Å². The van der Waals surface area contributed by atoms with Crippen LogP contribution in [-0.4, -0.2) is 28.1 Å². The molecule has 0 atom stereocenters. The summed E-state index contributed by atoms with van der Waals surface area (Å²) < 4.78 is 0. The van der Waals surface area contributed by atoms with Gasteiger partial charge in [-0.25, -0.2) is 4.98 Å². The van der Waals surface area contributed by atoms with Crippen LogP contribution in [-0.2, 0) is 5.41 Å². The van der Waals surface area contributed by atoms with Crippen molar-refractivity contribution in [1.82, 2.24) is 10.3 Å². The maximum atomic E-state index is 12.4. The maximum absolute atomic E-state index is 12.4. The summed E-state index contributed by atoms with van der Waals surface area (Å²) in [6.45, 7) is 6.11. The summed E-state index contributed by atoms with van der Waals surface area (Å²) in [7, 11) is 0. The van der Waals surface area contributed by atoms with Gasteiger partial charge in [0.2, 0.25) is 0 Å². The minimum Gasteiger partial charge on any atom is -0.393 e. The average molecular weight is 311 g/mol. The Kier molecular flexibility index (Phi) is 4.89. The normalized spacial score (nSPS) is 22.9. The van der Waals surface area contributed by atoms with E-state index in [4.69, 9.17) is 11.6 Å². The molecule has 0 radical (unpaired) electrons. The summed E-state index contributed by atoms with van der Waals surface area (Å²) in [5.74, 6) is -0.119. The molecular weight excluding hydrogens is 288 g/mol. The van der Waals surface area contributed by atoms with Crippen LogP contribution in [0.3, 0.4) is 0 Å². The van der Waals surface area contributed by atoms with Gasteiger partial charge in [-0.3, -0.25) is 4.79 Å². The van der Waals surface area contributed by atoms with E-state index < -0.39 is 0 Å². The monoisotopic (exact) mass is 310 g/mol. The van der Waals surface area contributed by atoms with Gasteiger partial charge in [0.25, 0.3) is 5.91 Å². The third kappa shape index (κ3) is 4.42. The molecule has 1 saturated carbocycles. The molecule has 1 aliphatic carbocycles. The Hall–Kier alpha value is -1.13. The number of pyridine rings is 1. The lowest BCUT2D eigenvalue weighted by Gasteiger charge is -2.26. The molecule has 0 aromatic carbocycles. The second kappa shape index (κ2) is 6.32. The van der Waals surface area contributed by atoms with Crippen molar-refractivity contribution in [2.45, 2.75) is 64.0 Å². The van der Waals surface area contributed by atoms with Gasteiger partial charge in [0.15, 0.2) is 0 Å². The highest BCUT2D eigenvalue weighted by Crippen LogP contribution is 2.24. The van der Waals surface area contributed by atoms with Gasteiger partial charge in [-0.15, -0.1) is 0 Å². The molecular formula is C16H23ClN2O2. The highest BCUT2D eigenvalue weighted by Gasteiger charge is 2.23. The Morgan fingerprint density at radius 3 is 2.48 bits per heavy atom. The molecule has 0 unspecified atom stereocenters.